The van der Waals surface area contributed by atoms with Crippen LogP contribution in [0.4, 0.5) is 0 Å². The summed E-state index contributed by atoms with van der Waals surface area (Å²) >= 11 is 3.50. The lowest BCUT2D eigenvalue weighted by Crippen LogP contribution is -1.77. The van der Waals surface area contributed by atoms with Crippen LogP contribution in [0.25, 0.3) is 11.3 Å². The first kappa shape index (κ1) is 16.6. The van der Waals surface area contributed by atoms with Crippen molar-refractivity contribution < 1.29 is 0 Å². The third-order valence-corrected chi connectivity index (χ3v) is 4.54. The van der Waals surface area contributed by atoms with Gasteiger partial charge in [-0.25, -0.2) is 0 Å². The van der Waals surface area contributed by atoms with Crippen molar-refractivity contribution in [1.82, 2.24) is 10.2 Å². The fourth-order valence-electron chi connectivity index (χ4n) is 1.72. The number of nitrogens with one attached hydrogen (secondary N) is 1. The van der Waals surface area contributed by atoms with Gasteiger partial charge >= 0.3 is 0 Å². The molecule has 0 radical (unpaired) electrons. The molecular weight excluding hydrogens is 308 g/mol. The number of hydrogen-bond acceptors (Lipinski definition) is 3. The number of allylic oxidation sites excluding steroid dienone is 1. The van der Waals surface area contributed by atoms with Crippen LogP contribution >= 0.6 is 23.1 Å². The average Bonchev–Trinajstić information content (AvgIpc) is 3.08. The molecule has 3 rings (SSSR count). The van der Waals surface area contributed by atoms with Crippen molar-refractivity contribution in [2.45, 2.75) is 30.6 Å². The van der Waals surface area contributed by atoms with Crippen molar-refractivity contribution in [1.29, 1.82) is 0 Å². The van der Waals surface area contributed by atoms with Crippen LogP contribution in [0.15, 0.2) is 69.1 Å². The van der Waals surface area contributed by atoms with Crippen LogP contribution in [-0.2, 0) is 0 Å². The lowest BCUT2D eigenvalue weighted by atomic mass is 10.2. The lowest BCUT2D eigenvalue weighted by Gasteiger charge is -2.01. The zero-order chi connectivity index (χ0) is 15.9. The highest BCUT2D eigenvalue weighted by atomic mass is 32.2. The number of thiophene rings is 1. The number of hydrogen-bond donors (Lipinski definition) is 1. The summed E-state index contributed by atoms with van der Waals surface area (Å²) in [6, 6.07) is 12.5. The normalized spacial score (nSPS) is 9.95. The number of benzene rings is 1. The second-order valence-corrected chi connectivity index (χ2v) is 7.07. The molecule has 2 aromatic heterocycles. The molecule has 22 heavy (non-hydrogen) atoms. The molecule has 0 saturated carbocycles. The SMILES string of the molecule is C=C(C)C.Cc1cc(-c2cscc2Sc2ccccc2)n[nH]1. The number of rotatable bonds is 3. The summed E-state index contributed by atoms with van der Waals surface area (Å²) in [5, 5.41) is 11.7. The van der Waals surface area contributed by atoms with Gasteiger partial charge in [0.25, 0.3) is 0 Å². The van der Waals surface area contributed by atoms with Crippen molar-refractivity contribution in [2.75, 3.05) is 0 Å². The van der Waals surface area contributed by atoms with Gasteiger partial charge in [-0.3, -0.25) is 5.10 Å². The molecule has 0 amide bonds. The van der Waals surface area contributed by atoms with E-state index in [0.717, 1.165) is 11.4 Å². The average molecular weight is 329 g/mol. The number of nitrogens with zero attached hydrogens (tertiary/aromatic N) is 1. The van der Waals surface area contributed by atoms with Crippen LogP contribution in [0.2, 0.25) is 0 Å². The minimum atomic E-state index is 1.02. The Morgan fingerprint density at radius 2 is 1.86 bits per heavy atom. The molecule has 2 nitrogen and oxygen atoms in total. The van der Waals surface area contributed by atoms with E-state index in [1.54, 1.807) is 23.1 Å². The predicted molar refractivity (Wildman–Crippen MR) is 97.7 cm³/mol. The molecule has 0 unspecified atom stereocenters. The Hall–Kier alpha value is -1.78. The Labute approximate surface area is 140 Å². The molecule has 0 atom stereocenters. The van der Waals surface area contributed by atoms with Gasteiger partial charge in [0.15, 0.2) is 0 Å². The van der Waals surface area contributed by atoms with Gasteiger partial charge in [-0.15, -0.1) is 6.58 Å². The van der Waals surface area contributed by atoms with E-state index in [9.17, 15) is 0 Å². The molecule has 1 N–H and O–H groups in total. The van der Waals surface area contributed by atoms with Crippen LogP contribution in [0, 0.1) is 6.92 Å². The topological polar surface area (TPSA) is 28.7 Å². The van der Waals surface area contributed by atoms with Crippen LogP contribution in [0.1, 0.15) is 19.5 Å². The maximum absolute atomic E-state index is 4.33. The molecule has 0 aliphatic heterocycles. The molecule has 0 aliphatic carbocycles. The molecule has 0 fully saturated rings. The van der Waals surface area contributed by atoms with E-state index >= 15 is 0 Å². The monoisotopic (exact) mass is 328 g/mol. The van der Waals surface area contributed by atoms with E-state index in [1.165, 1.54) is 20.9 Å². The van der Waals surface area contributed by atoms with E-state index < -0.39 is 0 Å². The van der Waals surface area contributed by atoms with Gasteiger partial charge in [0.05, 0.1) is 5.69 Å². The fraction of sp³-hybridized carbons (Fsp3) is 0.167. The quantitative estimate of drug-likeness (QED) is 0.581. The van der Waals surface area contributed by atoms with E-state index in [1.807, 2.05) is 26.8 Å². The van der Waals surface area contributed by atoms with Crippen molar-refractivity contribution in [3.8, 4) is 11.3 Å². The molecule has 1 aromatic carbocycles. The lowest BCUT2D eigenvalue weighted by molar-refractivity contribution is 1.05. The summed E-state index contributed by atoms with van der Waals surface area (Å²) in [5.41, 5.74) is 4.48. The van der Waals surface area contributed by atoms with Crippen molar-refractivity contribution in [2.24, 2.45) is 0 Å². The van der Waals surface area contributed by atoms with Crippen LogP contribution in [0.3, 0.4) is 0 Å². The highest BCUT2D eigenvalue weighted by Gasteiger charge is 2.10. The summed E-state index contributed by atoms with van der Waals surface area (Å²) in [7, 11) is 0. The second-order valence-electron chi connectivity index (χ2n) is 5.21. The van der Waals surface area contributed by atoms with E-state index in [4.69, 9.17) is 0 Å². The third-order valence-electron chi connectivity index (χ3n) is 2.58. The van der Waals surface area contributed by atoms with Gasteiger partial charge in [0.1, 0.15) is 0 Å². The van der Waals surface area contributed by atoms with E-state index in [-0.39, 0.29) is 0 Å². The highest BCUT2D eigenvalue weighted by molar-refractivity contribution is 7.99. The number of aryl methyl sites for hydroxylation is 1. The number of aromatic amines is 1. The molecule has 0 spiro atoms. The van der Waals surface area contributed by atoms with Gasteiger partial charge in [-0.1, -0.05) is 35.5 Å². The molecule has 4 heteroatoms. The van der Waals surface area contributed by atoms with Crippen LogP contribution in [-0.4, -0.2) is 10.2 Å². The summed E-state index contributed by atoms with van der Waals surface area (Å²) < 4.78 is 0. The van der Waals surface area contributed by atoms with Crippen LogP contribution in [0.5, 0.6) is 0 Å². The Bertz CT molecular complexity index is 722. The van der Waals surface area contributed by atoms with Gasteiger partial charge in [0, 0.05) is 31.8 Å². The van der Waals surface area contributed by atoms with Crippen LogP contribution < -0.4 is 0 Å². The maximum atomic E-state index is 4.33. The molecule has 114 valence electrons. The zero-order valence-corrected chi connectivity index (χ0v) is 14.7. The second kappa shape index (κ2) is 8.01. The number of aromatic nitrogens is 2. The minimum Gasteiger partial charge on any atom is -0.282 e. The zero-order valence-electron chi connectivity index (χ0n) is 13.1. The Morgan fingerprint density at radius 3 is 2.45 bits per heavy atom. The summed E-state index contributed by atoms with van der Waals surface area (Å²) in [5.74, 6) is 0. The first-order valence-electron chi connectivity index (χ1n) is 7.00. The van der Waals surface area contributed by atoms with Gasteiger partial charge in [0.2, 0.25) is 0 Å². The van der Waals surface area contributed by atoms with Gasteiger partial charge in [-0.2, -0.15) is 16.4 Å². The van der Waals surface area contributed by atoms with Gasteiger partial charge in [-0.05, 0) is 39.0 Å². The largest absolute Gasteiger partial charge is 0.282 e. The molecule has 0 saturated heterocycles. The summed E-state index contributed by atoms with van der Waals surface area (Å²) in [6.07, 6.45) is 0. The molecule has 0 bridgehead atoms. The molecule has 0 aliphatic rings. The smallest absolute Gasteiger partial charge is 0.0943 e. The first-order valence-corrected chi connectivity index (χ1v) is 8.76. The number of H-pyrrole nitrogens is 1. The Balaban J connectivity index is 0.000000396. The summed E-state index contributed by atoms with van der Waals surface area (Å²) in [4.78, 5) is 2.52. The Morgan fingerprint density at radius 1 is 1.18 bits per heavy atom. The van der Waals surface area contributed by atoms with Crippen molar-refractivity contribution in [3.05, 3.63) is 65.0 Å². The van der Waals surface area contributed by atoms with Crippen molar-refractivity contribution in [3.63, 3.8) is 0 Å². The summed E-state index contributed by atoms with van der Waals surface area (Å²) in [6.45, 7) is 9.52. The predicted octanol–water partition coefficient (Wildman–Crippen LogP) is 6.18. The fourth-order valence-corrected chi connectivity index (χ4v) is 3.68. The van der Waals surface area contributed by atoms with E-state index in [0.29, 0.717) is 0 Å². The minimum absolute atomic E-state index is 1.02. The Kier molecular flexibility index (Phi) is 6.04. The van der Waals surface area contributed by atoms with E-state index in [2.05, 4.69) is 57.9 Å². The third kappa shape index (κ3) is 4.90. The molecule has 2 heterocycles. The van der Waals surface area contributed by atoms with Gasteiger partial charge < -0.3 is 0 Å². The maximum Gasteiger partial charge on any atom is 0.0943 e. The molecular formula is C18H20N2S2. The highest BCUT2D eigenvalue weighted by Crippen LogP contribution is 2.37. The van der Waals surface area contributed by atoms with Crippen molar-refractivity contribution >= 4 is 23.1 Å². The first-order chi connectivity index (χ1) is 10.6. The molecule has 3 aromatic rings. The standard InChI is InChI=1S/C14H12N2S2.C4H8/c1-10-7-13(16-15-10)12-8-17-9-14(12)18-11-5-3-2-4-6-11;1-4(2)3/h2-9H,1H3,(H,15,16);1H2,2-3H3.